The van der Waals surface area contributed by atoms with Gasteiger partial charge in [0, 0.05) is 6.61 Å². The van der Waals surface area contributed by atoms with Crippen LogP contribution in [0, 0.1) is 11.6 Å². The van der Waals surface area contributed by atoms with Gasteiger partial charge in [-0.15, -0.1) is 0 Å². The van der Waals surface area contributed by atoms with Gasteiger partial charge in [-0.2, -0.15) is 0 Å². The number of anilines is 1. The van der Waals surface area contributed by atoms with Crippen LogP contribution in [0.5, 0.6) is 0 Å². The van der Waals surface area contributed by atoms with Gasteiger partial charge in [-0.3, -0.25) is 4.79 Å². The zero-order valence-electron chi connectivity index (χ0n) is 9.71. The Morgan fingerprint density at radius 3 is 2.89 bits per heavy atom. The second-order valence-corrected chi connectivity index (χ2v) is 4.21. The molecule has 1 heterocycles. The summed E-state index contributed by atoms with van der Waals surface area (Å²) in [7, 11) is 0. The quantitative estimate of drug-likeness (QED) is 0.787. The molecule has 0 radical (unpaired) electrons. The molecule has 1 aliphatic rings. The molecule has 18 heavy (non-hydrogen) atoms. The molecular formula is C12H14F2N2O2. The highest BCUT2D eigenvalue weighted by atomic mass is 19.1. The number of benzene rings is 1. The molecule has 1 atom stereocenters. The number of hydrogen-bond acceptors (Lipinski definition) is 3. The predicted octanol–water partition coefficient (Wildman–Crippen LogP) is 1.46. The molecule has 4 nitrogen and oxygen atoms in total. The van der Waals surface area contributed by atoms with Crippen LogP contribution >= 0.6 is 0 Å². The molecule has 0 saturated carbocycles. The van der Waals surface area contributed by atoms with E-state index in [-0.39, 0.29) is 11.7 Å². The Hall–Kier alpha value is -1.69. The van der Waals surface area contributed by atoms with Crippen LogP contribution in [0.3, 0.4) is 0 Å². The summed E-state index contributed by atoms with van der Waals surface area (Å²) in [5.41, 5.74) is 4.43. The van der Waals surface area contributed by atoms with Crippen molar-refractivity contribution in [3.63, 3.8) is 0 Å². The third-order valence-corrected chi connectivity index (χ3v) is 2.84. The lowest BCUT2D eigenvalue weighted by molar-refractivity contribution is 0.0620. The van der Waals surface area contributed by atoms with E-state index in [1.165, 1.54) is 0 Å². The topological polar surface area (TPSA) is 64.4 Å². The van der Waals surface area contributed by atoms with Gasteiger partial charge in [0.25, 0.3) is 5.91 Å². The Morgan fingerprint density at radius 2 is 2.22 bits per heavy atom. The average Bonchev–Trinajstić information content (AvgIpc) is 2.36. The second kappa shape index (κ2) is 5.30. The molecule has 1 saturated heterocycles. The molecule has 1 aromatic rings. The number of carbonyl (C=O) groups is 1. The molecule has 2 rings (SSSR count). The number of rotatable bonds is 2. The highest BCUT2D eigenvalue weighted by molar-refractivity contribution is 5.95. The maximum absolute atomic E-state index is 13.6. The molecule has 3 N–H and O–H groups in total. The van der Waals surface area contributed by atoms with Crippen molar-refractivity contribution < 1.29 is 18.3 Å². The zero-order chi connectivity index (χ0) is 13.1. The molecular weight excluding hydrogens is 242 g/mol. The van der Waals surface area contributed by atoms with Crippen molar-refractivity contribution in [3.8, 4) is 0 Å². The van der Waals surface area contributed by atoms with E-state index >= 15 is 0 Å². The van der Waals surface area contributed by atoms with Gasteiger partial charge in [-0.05, 0) is 25.0 Å². The van der Waals surface area contributed by atoms with E-state index < -0.39 is 23.1 Å². The summed E-state index contributed by atoms with van der Waals surface area (Å²) in [6.45, 7) is 1.00. The smallest absolute Gasteiger partial charge is 0.257 e. The Bertz CT molecular complexity index is 460. The third-order valence-electron chi connectivity index (χ3n) is 2.84. The summed E-state index contributed by atoms with van der Waals surface area (Å²) in [5.74, 6) is -2.74. The van der Waals surface area contributed by atoms with E-state index in [0.29, 0.717) is 13.2 Å². The summed E-state index contributed by atoms with van der Waals surface area (Å²) in [6.07, 6.45) is 1.55. The van der Waals surface area contributed by atoms with Crippen LogP contribution in [-0.4, -0.2) is 25.2 Å². The van der Waals surface area contributed by atoms with Crippen molar-refractivity contribution in [1.82, 2.24) is 5.32 Å². The number of carbonyl (C=O) groups excluding carboxylic acids is 1. The zero-order valence-corrected chi connectivity index (χ0v) is 9.71. The summed E-state index contributed by atoms with van der Waals surface area (Å²) < 4.78 is 32.2. The fourth-order valence-electron chi connectivity index (χ4n) is 1.89. The predicted molar refractivity (Wildman–Crippen MR) is 62.1 cm³/mol. The van der Waals surface area contributed by atoms with Crippen molar-refractivity contribution in [3.05, 3.63) is 29.3 Å². The van der Waals surface area contributed by atoms with Crippen molar-refractivity contribution in [2.45, 2.75) is 18.9 Å². The van der Waals surface area contributed by atoms with E-state index in [1.54, 1.807) is 0 Å². The highest BCUT2D eigenvalue weighted by Crippen LogP contribution is 2.19. The first-order chi connectivity index (χ1) is 8.59. The first kappa shape index (κ1) is 12.8. The molecule has 98 valence electrons. The number of nitrogens with two attached hydrogens (primary N) is 1. The summed E-state index contributed by atoms with van der Waals surface area (Å²) in [6, 6.07) is 1.85. The number of hydrogen-bond donors (Lipinski definition) is 2. The minimum absolute atomic E-state index is 0.216. The Morgan fingerprint density at radius 1 is 1.44 bits per heavy atom. The van der Waals surface area contributed by atoms with Crippen molar-refractivity contribution in [1.29, 1.82) is 0 Å². The number of nitrogens with one attached hydrogen (secondary N) is 1. The summed E-state index contributed by atoms with van der Waals surface area (Å²) in [4.78, 5) is 11.8. The van der Waals surface area contributed by atoms with Crippen LogP contribution in [0.1, 0.15) is 23.2 Å². The van der Waals surface area contributed by atoms with E-state index in [2.05, 4.69) is 5.32 Å². The van der Waals surface area contributed by atoms with Crippen molar-refractivity contribution in [2.75, 3.05) is 18.9 Å². The summed E-state index contributed by atoms with van der Waals surface area (Å²) >= 11 is 0. The molecule has 1 fully saturated rings. The lowest BCUT2D eigenvalue weighted by Crippen LogP contribution is -2.41. The fraction of sp³-hybridized carbons (Fsp3) is 0.417. The van der Waals surface area contributed by atoms with E-state index in [4.69, 9.17) is 10.5 Å². The number of nitrogen functional groups attached to an aromatic ring is 1. The van der Waals surface area contributed by atoms with Crippen LogP contribution in [0.2, 0.25) is 0 Å². The number of amides is 1. The lowest BCUT2D eigenvalue weighted by atomic mass is 10.1. The monoisotopic (exact) mass is 256 g/mol. The molecule has 6 heteroatoms. The SMILES string of the molecule is Nc1ccc(F)c(C(=O)NC2CCCOC2)c1F. The van der Waals surface area contributed by atoms with Gasteiger partial charge >= 0.3 is 0 Å². The van der Waals surface area contributed by atoms with Crippen LogP contribution in [0.25, 0.3) is 0 Å². The minimum Gasteiger partial charge on any atom is -0.396 e. The minimum atomic E-state index is -1.02. The van der Waals surface area contributed by atoms with E-state index in [9.17, 15) is 13.6 Å². The van der Waals surface area contributed by atoms with Gasteiger partial charge in [-0.1, -0.05) is 0 Å². The van der Waals surface area contributed by atoms with E-state index in [1.807, 2.05) is 0 Å². The van der Waals surface area contributed by atoms with Gasteiger partial charge in [0.1, 0.15) is 11.4 Å². The third kappa shape index (κ3) is 2.59. The fourth-order valence-corrected chi connectivity index (χ4v) is 1.89. The molecule has 0 bridgehead atoms. The standard InChI is InChI=1S/C12H14F2N2O2/c13-8-3-4-9(15)11(14)10(8)12(17)16-7-2-1-5-18-6-7/h3-4,7H,1-2,5-6,15H2,(H,16,17). The van der Waals surface area contributed by atoms with Gasteiger partial charge < -0.3 is 15.8 Å². The number of halogens is 2. The molecule has 0 aliphatic carbocycles. The van der Waals surface area contributed by atoms with Crippen LogP contribution < -0.4 is 11.1 Å². The Kier molecular flexibility index (Phi) is 3.76. The molecule has 1 amide bonds. The second-order valence-electron chi connectivity index (χ2n) is 4.21. The average molecular weight is 256 g/mol. The first-order valence-corrected chi connectivity index (χ1v) is 5.71. The Balaban J connectivity index is 2.15. The number of ether oxygens (including phenoxy) is 1. The first-order valence-electron chi connectivity index (χ1n) is 5.71. The maximum Gasteiger partial charge on any atom is 0.257 e. The molecule has 1 aromatic carbocycles. The Labute approximate surface area is 103 Å². The lowest BCUT2D eigenvalue weighted by Gasteiger charge is -2.23. The van der Waals surface area contributed by atoms with Gasteiger partial charge in [0.05, 0.1) is 18.3 Å². The molecule has 0 aromatic heterocycles. The van der Waals surface area contributed by atoms with Gasteiger partial charge in [0.15, 0.2) is 5.82 Å². The van der Waals surface area contributed by atoms with Crippen LogP contribution in [0.4, 0.5) is 14.5 Å². The van der Waals surface area contributed by atoms with Crippen LogP contribution in [-0.2, 0) is 4.74 Å². The van der Waals surface area contributed by atoms with Crippen molar-refractivity contribution >= 4 is 11.6 Å². The van der Waals surface area contributed by atoms with E-state index in [0.717, 1.165) is 25.0 Å². The maximum atomic E-state index is 13.6. The van der Waals surface area contributed by atoms with Gasteiger partial charge in [-0.25, -0.2) is 8.78 Å². The van der Waals surface area contributed by atoms with Gasteiger partial charge in [0.2, 0.25) is 0 Å². The molecule has 1 unspecified atom stereocenters. The molecule has 1 aliphatic heterocycles. The highest BCUT2D eigenvalue weighted by Gasteiger charge is 2.23. The normalized spacial score (nSPS) is 19.6. The van der Waals surface area contributed by atoms with Crippen LogP contribution in [0.15, 0.2) is 12.1 Å². The molecule has 0 spiro atoms. The summed E-state index contributed by atoms with van der Waals surface area (Å²) in [5, 5.41) is 2.54. The largest absolute Gasteiger partial charge is 0.396 e. The van der Waals surface area contributed by atoms with Crippen molar-refractivity contribution in [2.24, 2.45) is 0 Å².